The number of hydrogen-bond donors (Lipinski definition) is 2. The molecule has 1 aliphatic rings. The van der Waals surface area contributed by atoms with E-state index in [2.05, 4.69) is 18.3 Å². The van der Waals surface area contributed by atoms with E-state index in [1.165, 1.54) is 6.42 Å². The average molecular weight is 252 g/mol. The predicted molar refractivity (Wildman–Crippen MR) is 74.1 cm³/mol. The third kappa shape index (κ3) is 4.96. The molecule has 1 rings (SSSR count). The SMILES string of the molecule is CCC1CCC(O)(CNCCC(C)(C)C#N)CC1. The Morgan fingerprint density at radius 1 is 1.39 bits per heavy atom. The topological polar surface area (TPSA) is 56.0 Å². The lowest BCUT2D eigenvalue weighted by Gasteiger charge is -2.36. The van der Waals surface area contributed by atoms with Crippen LogP contribution in [0.3, 0.4) is 0 Å². The molecule has 1 saturated carbocycles. The summed E-state index contributed by atoms with van der Waals surface area (Å²) in [6.07, 6.45) is 6.20. The van der Waals surface area contributed by atoms with Gasteiger partial charge in [0.1, 0.15) is 0 Å². The van der Waals surface area contributed by atoms with Crippen LogP contribution < -0.4 is 5.32 Å². The molecule has 0 aromatic carbocycles. The van der Waals surface area contributed by atoms with E-state index in [4.69, 9.17) is 5.26 Å². The van der Waals surface area contributed by atoms with Crippen molar-refractivity contribution in [1.82, 2.24) is 5.32 Å². The zero-order valence-electron chi connectivity index (χ0n) is 12.1. The zero-order valence-corrected chi connectivity index (χ0v) is 12.1. The molecule has 104 valence electrons. The second-order valence-corrected chi connectivity index (χ2v) is 6.50. The monoisotopic (exact) mass is 252 g/mol. The van der Waals surface area contributed by atoms with E-state index in [1.54, 1.807) is 0 Å². The Morgan fingerprint density at radius 3 is 2.50 bits per heavy atom. The lowest BCUT2D eigenvalue weighted by molar-refractivity contribution is -0.00872. The van der Waals surface area contributed by atoms with E-state index in [1.807, 2.05) is 13.8 Å². The van der Waals surface area contributed by atoms with Crippen LogP contribution in [0.1, 0.15) is 59.3 Å². The van der Waals surface area contributed by atoms with Crippen molar-refractivity contribution < 1.29 is 5.11 Å². The fraction of sp³-hybridized carbons (Fsp3) is 0.933. The highest BCUT2D eigenvalue weighted by Gasteiger charge is 2.32. The summed E-state index contributed by atoms with van der Waals surface area (Å²) in [6.45, 7) is 7.62. The van der Waals surface area contributed by atoms with Gasteiger partial charge in [0.25, 0.3) is 0 Å². The first-order valence-electron chi connectivity index (χ1n) is 7.25. The number of nitrogens with zero attached hydrogens (tertiary/aromatic N) is 1. The highest BCUT2D eigenvalue weighted by molar-refractivity contribution is 4.92. The molecule has 1 fully saturated rings. The molecule has 2 N–H and O–H groups in total. The van der Waals surface area contributed by atoms with Crippen molar-refractivity contribution in [2.75, 3.05) is 13.1 Å². The van der Waals surface area contributed by atoms with Gasteiger partial charge in [-0.2, -0.15) is 5.26 Å². The van der Waals surface area contributed by atoms with Gasteiger partial charge in [0.05, 0.1) is 17.1 Å². The largest absolute Gasteiger partial charge is 0.389 e. The van der Waals surface area contributed by atoms with Gasteiger partial charge in [-0.05, 0) is 58.4 Å². The molecule has 0 saturated heterocycles. The van der Waals surface area contributed by atoms with Gasteiger partial charge >= 0.3 is 0 Å². The lowest BCUT2D eigenvalue weighted by Crippen LogP contribution is -2.44. The molecule has 3 nitrogen and oxygen atoms in total. The molecular formula is C15H28N2O. The molecule has 0 aromatic heterocycles. The Labute approximate surface area is 112 Å². The summed E-state index contributed by atoms with van der Waals surface area (Å²) < 4.78 is 0. The maximum Gasteiger partial charge on any atom is 0.0771 e. The number of nitriles is 1. The molecule has 3 heteroatoms. The first-order valence-corrected chi connectivity index (χ1v) is 7.25. The Morgan fingerprint density at radius 2 is 2.00 bits per heavy atom. The van der Waals surface area contributed by atoms with Crippen LogP contribution >= 0.6 is 0 Å². The van der Waals surface area contributed by atoms with Crippen LogP contribution in [0.4, 0.5) is 0 Å². The van der Waals surface area contributed by atoms with Gasteiger partial charge in [-0.3, -0.25) is 0 Å². The van der Waals surface area contributed by atoms with E-state index in [0.29, 0.717) is 6.54 Å². The Bertz CT molecular complexity index is 285. The van der Waals surface area contributed by atoms with Gasteiger partial charge in [-0.15, -0.1) is 0 Å². The normalized spacial score (nSPS) is 28.9. The van der Waals surface area contributed by atoms with E-state index in [9.17, 15) is 5.11 Å². The minimum Gasteiger partial charge on any atom is -0.389 e. The molecule has 0 spiro atoms. The van der Waals surface area contributed by atoms with Crippen molar-refractivity contribution in [3.05, 3.63) is 0 Å². The van der Waals surface area contributed by atoms with Crippen LogP contribution in [0.2, 0.25) is 0 Å². The Balaban J connectivity index is 2.22. The van der Waals surface area contributed by atoms with Gasteiger partial charge in [-0.1, -0.05) is 13.3 Å². The molecule has 0 bridgehead atoms. The number of aliphatic hydroxyl groups is 1. The molecule has 0 unspecified atom stereocenters. The summed E-state index contributed by atoms with van der Waals surface area (Å²) >= 11 is 0. The lowest BCUT2D eigenvalue weighted by atomic mass is 9.78. The van der Waals surface area contributed by atoms with Crippen LogP contribution in [0.25, 0.3) is 0 Å². The fourth-order valence-corrected chi connectivity index (χ4v) is 2.58. The summed E-state index contributed by atoms with van der Waals surface area (Å²) in [5.74, 6) is 0.808. The van der Waals surface area contributed by atoms with Crippen molar-refractivity contribution >= 4 is 0 Å². The highest BCUT2D eigenvalue weighted by atomic mass is 16.3. The average Bonchev–Trinajstić information content (AvgIpc) is 2.36. The second-order valence-electron chi connectivity index (χ2n) is 6.50. The number of hydrogen-bond acceptors (Lipinski definition) is 3. The minimum atomic E-state index is -0.511. The maximum atomic E-state index is 10.4. The number of rotatable bonds is 6. The first kappa shape index (κ1) is 15.5. The Hall–Kier alpha value is -0.590. The fourth-order valence-electron chi connectivity index (χ4n) is 2.58. The van der Waals surface area contributed by atoms with Crippen LogP contribution in [-0.4, -0.2) is 23.8 Å². The smallest absolute Gasteiger partial charge is 0.0771 e. The first-order chi connectivity index (χ1) is 8.41. The molecule has 1 aliphatic carbocycles. The summed E-state index contributed by atoms with van der Waals surface area (Å²) in [5.41, 5.74) is -0.780. The molecule has 0 aliphatic heterocycles. The molecule has 0 atom stereocenters. The van der Waals surface area contributed by atoms with Gasteiger partial charge in [0, 0.05) is 6.54 Å². The summed E-state index contributed by atoms with van der Waals surface area (Å²) in [7, 11) is 0. The summed E-state index contributed by atoms with van der Waals surface area (Å²) in [6, 6.07) is 2.30. The zero-order chi connectivity index (χ0) is 13.6. The summed E-state index contributed by atoms with van der Waals surface area (Å²) in [4.78, 5) is 0. The molecular weight excluding hydrogens is 224 g/mol. The third-order valence-electron chi connectivity index (χ3n) is 4.30. The molecule has 0 aromatic rings. The van der Waals surface area contributed by atoms with Crippen molar-refractivity contribution in [3.8, 4) is 6.07 Å². The number of nitrogens with one attached hydrogen (secondary N) is 1. The van der Waals surface area contributed by atoms with Crippen molar-refractivity contribution in [2.24, 2.45) is 11.3 Å². The van der Waals surface area contributed by atoms with Crippen molar-refractivity contribution in [2.45, 2.75) is 64.9 Å². The molecule has 0 heterocycles. The Kier molecular flexibility index (Phi) is 5.62. The van der Waals surface area contributed by atoms with Crippen LogP contribution in [-0.2, 0) is 0 Å². The van der Waals surface area contributed by atoms with Gasteiger partial charge in [0.15, 0.2) is 0 Å². The van der Waals surface area contributed by atoms with Gasteiger partial charge in [-0.25, -0.2) is 0 Å². The maximum absolute atomic E-state index is 10.4. The highest BCUT2D eigenvalue weighted by Crippen LogP contribution is 2.33. The van der Waals surface area contributed by atoms with E-state index in [-0.39, 0.29) is 5.41 Å². The van der Waals surface area contributed by atoms with Crippen LogP contribution in [0.5, 0.6) is 0 Å². The molecule has 0 amide bonds. The van der Waals surface area contributed by atoms with Gasteiger partial charge < -0.3 is 10.4 Å². The third-order valence-corrected chi connectivity index (χ3v) is 4.30. The van der Waals surface area contributed by atoms with Gasteiger partial charge in [0.2, 0.25) is 0 Å². The van der Waals surface area contributed by atoms with Crippen LogP contribution in [0.15, 0.2) is 0 Å². The standard InChI is InChI=1S/C15H28N2O/c1-4-13-5-7-15(18,8-6-13)12-17-10-9-14(2,3)11-16/h13,17-18H,4-10,12H2,1-3H3. The predicted octanol–water partition coefficient (Wildman–Crippen LogP) is 2.85. The van der Waals surface area contributed by atoms with Crippen molar-refractivity contribution in [3.63, 3.8) is 0 Å². The quantitative estimate of drug-likeness (QED) is 0.715. The molecule has 0 radical (unpaired) electrons. The van der Waals surface area contributed by atoms with E-state index in [0.717, 1.165) is 44.6 Å². The van der Waals surface area contributed by atoms with E-state index >= 15 is 0 Å². The van der Waals surface area contributed by atoms with Crippen molar-refractivity contribution in [1.29, 1.82) is 5.26 Å². The van der Waals surface area contributed by atoms with E-state index < -0.39 is 5.60 Å². The second kappa shape index (κ2) is 6.54. The van der Waals surface area contributed by atoms with Crippen LogP contribution in [0, 0.1) is 22.7 Å². The molecule has 18 heavy (non-hydrogen) atoms. The minimum absolute atomic E-state index is 0.268. The summed E-state index contributed by atoms with van der Waals surface area (Å²) in [5, 5.41) is 22.7.